The molecule has 92 valence electrons. The van der Waals surface area contributed by atoms with E-state index in [0.717, 1.165) is 16.0 Å². The zero-order valence-corrected chi connectivity index (χ0v) is 10.5. The predicted octanol–water partition coefficient (Wildman–Crippen LogP) is 1.22. The molecule has 0 spiro atoms. The summed E-state index contributed by atoms with van der Waals surface area (Å²) in [4.78, 5) is 15.3. The van der Waals surface area contributed by atoms with Crippen molar-refractivity contribution in [3.05, 3.63) is 23.2 Å². The highest BCUT2D eigenvalue weighted by Gasteiger charge is 2.11. The number of hydrogen-bond donors (Lipinski definition) is 4. The van der Waals surface area contributed by atoms with Gasteiger partial charge in [0.15, 0.2) is 0 Å². The van der Waals surface area contributed by atoms with E-state index >= 15 is 0 Å². The van der Waals surface area contributed by atoms with E-state index in [1.165, 1.54) is 0 Å². The Hall–Kier alpha value is -1.15. The van der Waals surface area contributed by atoms with Gasteiger partial charge in [-0.15, -0.1) is 24.0 Å². The lowest BCUT2D eigenvalue weighted by molar-refractivity contribution is 0.0696. The van der Waals surface area contributed by atoms with Crippen LogP contribution in [-0.4, -0.2) is 34.3 Å². The number of carboxylic acid groups (broad SMARTS) is 1. The van der Waals surface area contributed by atoms with Gasteiger partial charge in [-0.05, 0) is 12.1 Å². The van der Waals surface area contributed by atoms with Gasteiger partial charge in [0, 0.05) is 11.4 Å². The van der Waals surface area contributed by atoms with Gasteiger partial charge in [0.2, 0.25) is 5.01 Å². The topological polar surface area (TPSA) is 96.4 Å². The first-order chi connectivity index (χ1) is 8.10. The summed E-state index contributed by atoms with van der Waals surface area (Å²) in [5, 5.41) is 16.6. The second kappa shape index (κ2) is 6.55. The highest BCUT2D eigenvalue weighted by atomic mass is 32.1. The number of thiazole rings is 1. The van der Waals surface area contributed by atoms with Crippen molar-refractivity contribution in [3.63, 3.8) is 0 Å². The van der Waals surface area contributed by atoms with E-state index in [0.29, 0.717) is 17.0 Å². The van der Waals surface area contributed by atoms with Crippen LogP contribution in [0.25, 0.3) is 10.2 Å². The maximum Gasteiger partial charge on any atom is 0.365 e. The number of aromatic nitrogens is 1. The van der Waals surface area contributed by atoms with Crippen molar-refractivity contribution < 1.29 is 15.0 Å². The van der Waals surface area contributed by atoms with E-state index in [4.69, 9.17) is 15.9 Å². The monoisotopic (exact) mass is 272 g/mol. The second-order valence-corrected chi connectivity index (χ2v) is 4.47. The van der Waals surface area contributed by atoms with E-state index in [1.807, 2.05) is 12.1 Å². The van der Waals surface area contributed by atoms with Crippen LogP contribution in [0.1, 0.15) is 9.80 Å². The molecule has 0 aliphatic rings. The molecule has 0 amide bonds. The number of nitrogens with two attached hydrogens (primary N) is 1. The predicted molar refractivity (Wildman–Crippen MR) is 70.0 cm³/mol. The SMILES string of the molecule is NCCO.O=C(O)c1nc2c(S)cccc2s1. The van der Waals surface area contributed by atoms with Crippen molar-refractivity contribution in [1.29, 1.82) is 0 Å². The molecule has 0 atom stereocenters. The summed E-state index contributed by atoms with van der Waals surface area (Å²) in [5.74, 6) is -0.992. The third-order valence-electron chi connectivity index (χ3n) is 1.71. The molecule has 0 radical (unpaired) electrons. The summed E-state index contributed by atoms with van der Waals surface area (Å²) in [5.41, 5.74) is 5.44. The van der Waals surface area contributed by atoms with Gasteiger partial charge in [0.05, 0.1) is 16.8 Å². The third-order valence-corrected chi connectivity index (χ3v) is 3.08. The van der Waals surface area contributed by atoms with Crippen molar-refractivity contribution in [1.82, 2.24) is 4.98 Å². The largest absolute Gasteiger partial charge is 0.476 e. The van der Waals surface area contributed by atoms with Crippen LogP contribution in [0.3, 0.4) is 0 Å². The van der Waals surface area contributed by atoms with E-state index in [1.54, 1.807) is 6.07 Å². The molecule has 0 unspecified atom stereocenters. The van der Waals surface area contributed by atoms with E-state index in [-0.39, 0.29) is 11.6 Å². The molecule has 1 aromatic heterocycles. The fourth-order valence-corrected chi connectivity index (χ4v) is 2.19. The van der Waals surface area contributed by atoms with Gasteiger partial charge in [0.25, 0.3) is 0 Å². The lowest BCUT2D eigenvalue weighted by atomic mass is 10.3. The summed E-state index contributed by atoms with van der Waals surface area (Å²) in [6.07, 6.45) is 0. The van der Waals surface area contributed by atoms with Crippen molar-refractivity contribution >= 4 is 40.2 Å². The minimum Gasteiger partial charge on any atom is -0.476 e. The number of aliphatic hydroxyl groups is 1. The number of aliphatic hydroxyl groups excluding tert-OH is 1. The Labute approximate surface area is 107 Å². The van der Waals surface area contributed by atoms with Gasteiger partial charge in [-0.2, -0.15) is 0 Å². The molecular formula is C10H12N2O3S2. The van der Waals surface area contributed by atoms with Crippen LogP contribution in [0, 0.1) is 0 Å². The van der Waals surface area contributed by atoms with Crippen LogP contribution in [0.15, 0.2) is 23.1 Å². The first-order valence-electron chi connectivity index (χ1n) is 4.73. The molecule has 5 nitrogen and oxygen atoms in total. The molecule has 2 aromatic rings. The molecule has 1 heterocycles. The quantitative estimate of drug-likeness (QED) is 0.616. The Kier molecular flexibility index (Phi) is 5.36. The number of thiol groups is 1. The average Bonchev–Trinajstić information content (AvgIpc) is 2.75. The van der Waals surface area contributed by atoms with Gasteiger partial charge in [-0.3, -0.25) is 0 Å². The lowest BCUT2D eigenvalue weighted by Crippen LogP contribution is -2.02. The highest BCUT2D eigenvalue weighted by Crippen LogP contribution is 2.26. The Morgan fingerprint density at radius 2 is 2.18 bits per heavy atom. The molecule has 0 fully saturated rings. The maximum atomic E-state index is 10.6. The Balaban J connectivity index is 0.000000317. The van der Waals surface area contributed by atoms with Crippen LogP contribution in [-0.2, 0) is 0 Å². The summed E-state index contributed by atoms with van der Waals surface area (Å²) in [6.45, 7) is 0.472. The van der Waals surface area contributed by atoms with Crippen LogP contribution >= 0.6 is 24.0 Å². The number of aromatic carboxylic acids is 1. The number of para-hydroxylation sites is 1. The number of fused-ring (bicyclic) bond motifs is 1. The van der Waals surface area contributed by atoms with Gasteiger partial charge in [0.1, 0.15) is 0 Å². The van der Waals surface area contributed by atoms with Crippen LogP contribution in [0.4, 0.5) is 0 Å². The first-order valence-corrected chi connectivity index (χ1v) is 5.99. The normalized spacial score (nSPS) is 9.82. The summed E-state index contributed by atoms with van der Waals surface area (Å²) in [7, 11) is 0. The van der Waals surface area contributed by atoms with Gasteiger partial charge < -0.3 is 15.9 Å². The van der Waals surface area contributed by atoms with Crippen LogP contribution in [0.2, 0.25) is 0 Å². The Bertz CT molecular complexity index is 511. The number of rotatable bonds is 2. The average molecular weight is 272 g/mol. The zero-order chi connectivity index (χ0) is 12.8. The number of hydrogen-bond acceptors (Lipinski definition) is 6. The number of carbonyl (C=O) groups is 1. The standard InChI is InChI=1S/C8H5NO2S2.C2H7NO/c10-8(11)7-9-6-4(12)2-1-3-5(6)13-7;3-1-2-4/h1-3,12H,(H,10,11);4H,1-3H2. The molecule has 0 bridgehead atoms. The molecule has 0 aliphatic heterocycles. The van der Waals surface area contributed by atoms with E-state index < -0.39 is 5.97 Å². The molecule has 1 aromatic carbocycles. The molecule has 2 rings (SSSR count). The fraction of sp³-hybridized carbons (Fsp3) is 0.200. The van der Waals surface area contributed by atoms with E-state index in [2.05, 4.69) is 17.6 Å². The lowest BCUT2D eigenvalue weighted by Gasteiger charge is -1.89. The Morgan fingerprint density at radius 1 is 1.53 bits per heavy atom. The minimum absolute atomic E-state index is 0.0972. The number of carboxylic acids is 1. The van der Waals surface area contributed by atoms with Crippen molar-refractivity contribution in [2.75, 3.05) is 13.2 Å². The third kappa shape index (κ3) is 3.67. The smallest absolute Gasteiger partial charge is 0.365 e. The molecule has 0 aliphatic carbocycles. The van der Waals surface area contributed by atoms with Crippen molar-refractivity contribution in [2.45, 2.75) is 4.90 Å². The van der Waals surface area contributed by atoms with E-state index in [9.17, 15) is 4.79 Å². The Morgan fingerprint density at radius 3 is 2.65 bits per heavy atom. The zero-order valence-electron chi connectivity index (χ0n) is 8.83. The molecular weight excluding hydrogens is 260 g/mol. The molecule has 0 saturated carbocycles. The van der Waals surface area contributed by atoms with Crippen LogP contribution < -0.4 is 5.73 Å². The van der Waals surface area contributed by atoms with Gasteiger partial charge in [-0.25, -0.2) is 9.78 Å². The molecule has 17 heavy (non-hydrogen) atoms. The summed E-state index contributed by atoms with van der Waals surface area (Å²) < 4.78 is 0.852. The maximum absolute atomic E-state index is 10.6. The summed E-state index contributed by atoms with van der Waals surface area (Å²) in [6, 6.07) is 5.45. The van der Waals surface area contributed by atoms with Gasteiger partial charge >= 0.3 is 5.97 Å². The number of nitrogens with zero attached hydrogens (tertiary/aromatic N) is 1. The number of benzene rings is 1. The van der Waals surface area contributed by atoms with Gasteiger partial charge in [-0.1, -0.05) is 6.07 Å². The molecule has 7 heteroatoms. The minimum atomic E-state index is -0.992. The molecule has 0 saturated heterocycles. The summed E-state index contributed by atoms with van der Waals surface area (Å²) >= 11 is 5.34. The van der Waals surface area contributed by atoms with Crippen molar-refractivity contribution in [3.8, 4) is 0 Å². The van der Waals surface area contributed by atoms with Crippen LogP contribution in [0.5, 0.6) is 0 Å². The van der Waals surface area contributed by atoms with Crippen molar-refractivity contribution in [2.24, 2.45) is 5.73 Å². The second-order valence-electron chi connectivity index (χ2n) is 2.96. The highest BCUT2D eigenvalue weighted by molar-refractivity contribution is 7.80. The molecule has 4 N–H and O–H groups in total. The first kappa shape index (κ1) is 13.9. The fourth-order valence-electron chi connectivity index (χ4n) is 1.03.